The van der Waals surface area contributed by atoms with Crippen LogP contribution < -0.4 is 0 Å². The van der Waals surface area contributed by atoms with E-state index in [2.05, 4.69) is 10.3 Å². The van der Waals surface area contributed by atoms with Crippen molar-refractivity contribution in [1.82, 2.24) is 15.0 Å². The van der Waals surface area contributed by atoms with Crippen molar-refractivity contribution < 1.29 is 32.5 Å². The van der Waals surface area contributed by atoms with Gasteiger partial charge < -0.3 is 18.9 Å². The van der Waals surface area contributed by atoms with Gasteiger partial charge in [0.2, 0.25) is 0 Å². The third-order valence-corrected chi connectivity index (χ3v) is 6.26. The van der Waals surface area contributed by atoms with E-state index in [0.29, 0.717) is 0 Å². The summed E-state index contributed by atoms with van der Waals surface area (Å²) in [6, 6.07) is 11.1. The first-order valence-electron chi connectivity index (χ1n) is 10.6. The zero-order chi connectivity index (χ0) is 23.8. The number of hydrogen-bond donors (Lipinski definition) is 0. The molecule has 3 aromatic rings. The van der Waals surface area contributed by atoms with Gasteiger partial charge in [-0.1, -0.05) is 47.1 Å². The lowest BCUT2D eigenvalue weighted by Gasteiger charge is -2.45. The van der Waals surface area contributed by atoms with Crippen molar-refractivity contribution in [1.29, 1.82) is 0 Å². The lowest BCUT2D eigenvalue weighted by atomic mass is 9.94. The lowest BCUT2D eigenvalue weighted by molar-refractivity contribution is -0.298. The summed E-state index contributed by atoms with van der Waals surface area (Å²) in [4.78, 5) is 12.3. The van der Waals surface area contributed by atoms with E-state index in [0.717, 1.165) is 17.7 Å². The van der Waals surface area contributed by atoms with Crippen molar-refractivity contribution in [3.63, 3.8) is 0 Å². The lowest BCUT2D eigenvalue weighted by Crippen LogP contribution is -2.54. The molecule has 34 heavy (non-hydrogen) atoms. The van der Waals surface area contributed by atoms with Crippen LogP contribution in [0.2, 0.25) is 5.02 Å². The van der Waals surface area contributed by atoms with Crippen LogP contribution in [0.15, 0.2) is 48.7 Å². The molecule has 0 amide bonds. The highest BCUT2D eigenvalue weighted by Gasteiger charge is 2.47. The second-order valence-electron chi connectivity index (χ2n) is 8.00. The highest BCUT2D eigenvalue weighted by atomic mass is 35.5. The summed E-state index contributed by atoms with van der Waals surface area (Å²) in [6.07, 6.45) is -0.865. The molecular formula is C23H20ClF2N3O5. The van der Waals surface area contributed by atoms with Gasteiger partial charge in [0.15, 0.2) is 12.4 Å². The summed E-state index contributed by atoms with van der Waals surface area (Å²) >= 11 is 5.59. The van der Waals surface area contributed by atoms with Crippen LogP contribution in [0.25, 0.3) is 11.3 Å². The number of halogens is 3. The summed E-state index contributed by atoms with van der Waals surface area (Å²) in [7, 11) is 1.28. The van der Waals surface area contributed by atoms with Gasteiger partial charge in [-0.25, -0.2) is 18.3 Å². The fraction of sp³-hybridized carbons (Fsp3) is 0.348. The Balaban J connectivity index is 1.46. The van der Waals surface area contributed by atoms with E-state index in [1.807, 2.05) is 30.3 Å². The molecular weight excluding hydrogens is 472 g/mol. The number of hydrogen-bond acceptors (Lipinski definition) is 7. The van der Waals surface area contributed by atoms with Crippen molar-refractivity contribution in [3.8, 4) is 11.3 Å². The Hall–Kier alpha value is -2.92. The maximum atomic E-state index is 14.0. The van der Waals surface area contributed by atoms with Crippen LogP contribution in [0, 0.1) is 11.6 Å². The molecule has 2 aliphatic rings. The normalized spacial score (nSPS) is 26.6. The Bertz CT molecular complexity index is 1170. The maximum Gasteiger partial charge on any atom is 0.335 e. The number of aromatic nitrogens is 3. The number of esters is 1. The Morgan fingerprint density at radius 3 is 2.62 bits per heavy atom. The number of ether oxygens (including phenoxy) is 4. The SMILES string of the molecule is COC(=O)[C@H]1C[C@@H](n2cc(-c3cc(F)c(Cl)c(F)c3)nn2)[C@H]2OC(c3ccccc3)OC[C@H]2O1. The van der Waals surface area contributed by atoms with Gasteiger partial charge in [0, 0.05) is 17.5 Å². The molecule has 11 heteroatoms. The van der Waals surface area contributed by atoms with E-state index in [1.54, 1.807) is 6.20 Å². The predicted octanol–water partition coefficient (Wildman–Crippen LogP) is 3.86. The van der Waals surface area contributed by atoms with Gasteiger partial charge in [0.05, 0.1) is 26.0 Å². The summed E-state index contributed by atoms with van der Waals surface area (Å²) < 4.78 is 52.3. The highest BCUT2D eigenvalue weighted by Crippen LogP contribution is 2.39. The molecule has 2 aromatic carbocycles. The second-order valence-corrected chi connectivity index (χ2v) is 8.38. The molecule has 0 radical (unpaired) electrons. The van der Waals surface area contributed by atoms with E-state index >= 15 is 0 Å². The number of carbonyl (C=O) groups is 1. The molecule has 1 aromatic heterocycles. The molecule has 0 aliphatic carbocycles. The summed E-state index contributed by atoms with van der Waals surface area (Å²) in [6.45, 7) is 0.184. The van der Waals surface area contributed by atoms with E-state index in [1.165, 1.54) is 11.8 Å². The van der Waals surface area contributed by atoms with Gasteiger partial charge in [-0.05, 0) is 12.1 Å². The maximum absolute atomic E-state index is 14.0. The largest absolute Gasteiger partial charge is 0.467 e. The van der Waals surface area contributed by atoms with Crippen LogP contribution >= 0.6 is 11.6 Å². The molecule has 8 nitrogen and oxygen atoms in total. The number of nitrogens with zero attached hydrogens (tertiary/aromatic N) is 3. The van der Waals surface area contributed by atoms with Crippen LogP contribution in [0.3, 0.4) is 0 Å². The first-order valence-corrected chi connectivity index (χ1v) is 10.9. The van der Waals surface area contributed by atoms with E-state index in [4.69, 9.17) is 30.5 Å². The summed E-state index contributed by atoms with van der Waals surface area (Å²) in [5, 5.41) is 7.65. The molecule has 0 N–H and O–H groups in total. The van der Waals surface area contributed by atoms with E-state index in [-0.39, 0.29) is 24.3 Å². The molecule has 0 bridgehead atoms. The van der Waals surface area contributed by atoms with Crippen molar-refractivity contribution in [2.24, 2.45) is 0 Å². The zero-order valence-electron chi connectivity index (χ0n) is 17.9. The number of fused-ring (bicyclic) bond motifs is 1. The Labute approximate surface area is 198 Å². The average molecular weight is 492 g/mol. The first-order chi connectivity index (χ1) is 16.4. The van der Waals surface area contributed by atoms with Gasteiger partial charge in [-0.3, -0.25) is 0 Å². The topological polar surface area (TPSA) is 84.7 Å². The van der Waals surface area contributed by atoms with Crippen molar-refractivity contribution in [2.45, 2.75) is 37.1 Å². The molecule has 2 saturated heterocycles. The minimum absolute atomic E-state index is 0.175. The van der Waals surface area contributed by atoms with Gasteiger partial charge in [0.25, 0.3) is 0 Å². The van der Waals surface area contributed by atoms with Crippen molar-refractivity contribution in [3.05, 3.63) is 70.9 Å². The van der Waals surface area contributed by atoms with Crippen LogP contribution in [0.4, 0.5) is 8.78 Å². The molecule has 1 unspecified atom stereocenters. The quantitative estimate of drug-likeness (QED) is 0.404. The smallest absolute Gasteiger partial charge is 0.335 e. The molecule has 0 spiro atoms. The fourth-order valence-corrected chi connectivity index (χ4v) is 4.33. The number of benzene rings is 2. The fourth-order valence-electron chi connectivity index (χ4n) is 4.22. The van der Waals surface area contributed by atoms with Crippen LogP contribution in [-0.4, -0.2) is 53.0 Å². The summed E-state index contributed by atoms with van der Waals surface area (Å²) in [5.41, 5.74) is 1.24. The van der Waals surface area contributed by atoms with E-state index < -0.39 is 53.3 Å². The number of carbonyl (C=O) groups excluding carboxylic acids is 1. The monoisotopic (exact) mass is 491 g/mol. The Kier molecular flexibility index (Phi) is 6.30. The molecule has 3 heterocycles. The van der Waals surface area contributed by atoms with Crippen molar-refractivity contribution in [2.75, 3.05) is 13.7 Å². The molecule has 5 rings (SSSR count). The molecule has 0 saturated carbocycles. The average Bonchev–Trinajstić information content (AvgIpc) is 3.36. The minimum Gasteiger partial charge on any atom is -0.467 e. The standard InChI is InChI=1S/C23H20ClF2N3O5/c1-31-22(30)18-9-17(21-19(33-18)11-32-23(34-21)12-5-3-2-4-6-12)29-10-16(27-28-29)13-7-14(25)20(24)15(26)8-13/h2-8,10,17-19,21,23H,9,11H2,1H3/t17-,18-,19-,21-,23?/m1/s1. The Morgan fingerprint density at radius 1 is 1.18 bits per heavy atom. The Morgan fingerprint density at radius 2 is 1.91 bits per heavy atom. The van der Waals surface area contributed by atoms with Crippen LogP contribution in [0.1, 0.15) is 24.3 Å². The minimum atomic E-state index is -0.901. The van der Waals surface area contributed by atoms with E-state index in [9.17, 15) is 13.6 Å². The third kappa shape index (κ3) is 4.29. The number of rotatable bonds is 4. The van der Waals surface area contributed by atoms with Gasteiger partial charge in [0.1, 0.15) is 34.6 Å². The molecule has 2 fully saturated rings. The zero-order valence-corrected chi connectivity index (χ0v) is 18.7. The molecule has 178 valence electrons. The van der Waals surface area contributed by atoms with Gasteiger partial charge in [-0.15, -0.1) is 5.10 Å². The second kappa shape index (κ2) is 9.38. The summed E-state index contributed by atoms with van der Waals surface area (Å²) in [5.74, 6) is -2.33. The number of methoxy groups -OCH3 is 1. The van der Waals surface area contributed by atoms with Gasteiger partial charge >= 0.3 is 5.97 Å². The molecule has 5 atom stereocenters. The third-order valence-electron chi connectivity index (χ3n) is 5.90. The van der Waals surface area contributed by atoms with Crippen LogP contribution in [0.5, 0.6) is 0 Å². The van der Waals surface area contributed by atoms with Crippen molar-refractivity contribution >= 4 is 17.6 Å². The van der Waals surface area contributed by atoms with Crippen LogP contribution in [-0.2, 0) is 23.7 Å². The first kappa shape index (κ1) is 22.9. The highest BCUT2D eigenvalue weighted by molar-refractivity contribution is 6.30. The molecule has 2 aliphatic heterocycles. The van der Waals surface area contributed by atoms with Gasteiger partial charge in [-0.2, -0.15) is 0 Å². The predicted molar refractivity (Wildman–Crippen MR) is 115 cm³/mol.